The van der Waals surface area contributed by atoms with Crippen LogP contribution in [0, 0.1) is 0 Å². The van der Waals surface area contributed by atoms with Crippen molar-refractivity contribution in [1.82, 2.24) is 0 Å². The second kappa shape index (κ2) is 6.43. The van der Waals surface area contributed by atoms with E-state index in [0.29, 0.717) is 0 Å². The van der Waals surface area contributed by atoms with E-state index in [-0.39, 0.29) is 5.16 Å². The van der Waals surface area contributed by atoms with Crippen LogP contribution in [0.15, 0.2) is 10.7 Å². The molecule has 9 heavy (non-hydrogen) atoms. The first-order valence-corrected chi connectivity index (χ1v) is 4.32. The molecule has 0 aliphatic rings. The van der Waals surface area contributed by atoms with Crippen LogP contribution in [0.3, 0.4) is 0 Å². The Morgan fingerprint density at radius 1 is 1.78 bits per heavy atom. The van der Waals surface area contributed by atoms with Crippen molar-refractivity contribution >= 4 is 23.4 Å². The molecule has 0 unspecified atom stereocenters. The monoisotopic (exact) mass is 168 g/mol. The largest absolute Gasteiger partial charge is 0.198 e. The molecule has 0 aliphatic carbocycles. The average Bonchev–Trinajstić information content (AvgIpc) is 1.89. The van der Waals surface area contributed by atoms with Gasteiger partial charge in [-0.15, -0.1) is 0 Å². The first-order valence-electron chi connectivity index (χ1n) is 2.90. The Labute approximate surface area is 64.5 Å². The van der Waals surface area contributed by atoms with Crippen molar-refractivity contribution in [3.05, 3.63) is 10.7 Å². The summed E-state index contributed by atoms with van der Waals surface area (Å²) in [4.78, 5) is 0. The van der Waals surface area contributed by atoms with E-state index < -0.39 is 0 Å². The number of thioether (sulfide) groups is 1. The number of hydrogen-bond donors (Lipinski definition) is 0. The molecule has 0 aromatic carbocycles. The number of hydrogen-bond acceptors (Lipinski definition) is 1. The Morgan fingerprint density at radius 3 is 2.89 bits per heavy atom. The van der Waals surface area contributed by atoms with Gasteiger partial charge in [0.1, 0.15) is 0 Å². The molecule has 0 bridgehead atoms. The van der Waals surface area contributed by atoms with Crippen LogP contribution in [0.1, 0.15) is 19.8 Å². The lowest BCUT2D eigenvalue weighted by Crippen LogP contribution is -1.74. The Hall–Kier alpha value is 0.310. The van der Waals surface area contributed by atoms with Crippen LogP contribution in [0.25, 0.3) is 0 Å². The maximum absolute atomic E-state index is 12.1. The molecule has 0 aromatic heterocycles. The summed E-state index contributed by atoms with van der Waals surface area (Å²) in [7, 11) is 0. The molecule has 54 valence electrons. The highest BCUT2D eigenvalue weighted by Gasteiger charge is 1.91. The molecule has 0 saturated carbocycles. The van der Waals surface area contributed by atoms with Crippen LogP contribution in [0.2, 0.25) is 0 Å². The van der Waals surface area contributed by atoms with Gasteiger partial charge >= 0.3 is 0 Å². The van der Waals surface area contributed by atoms with E-state index in [9.17, 15) is 4.39 Å². The molecule has 0 aromatic rings. The van der Waals surface area contributed by atoms with Crippen molar-refractivity contribution in [3.8, 4) is 0 Å². The van der Waals surface area contributed by atoms with Crippen molar-refractivity contribution in [1.29, 1.82) is 0 Å². The highest BCUT2D eigenvalue weighted by atomic mass is 35.5. The third-order valence-electron chi connectivity index (χ3n) is 0.824. The van der Waals surface area contributed by atoms with Crippen molar-refractivity contribution in [2.24, 2.45) is 0 Å². The van der Waals surface area contributed by atoms with E-state index in [4.69, 9.17) is 11.6 Å². The number of unbranched alkanes of at least 4 members (excludes halogenated alkanes) is 1. The molecule has 0 heterocycles. The molecule has 0 fully saturated rings. The molecule has 0 aliphatic heterocycles. The summed E-state index contributed by atoms with van der Waals surface area (Å²) in [5.74, 6) is 0.825. The van der Waals surface area contributed by atoms with E-state index >= 15 is 0 Å². The summed E-state index contributed by atoms with van der Waals surface area (Å²) in [6.07, 6.45) is 2.14. The zero-order valence-corrected chi connectivity index (χ0v) is 6.94. The summed E-state index contributed by atoms with van der Waals surface area (Å²) in [6, 6.07) is 0. The summed E-state index contributed by atoms with van der Waals surface area (Å²) in [6.45, 7) is 2.07. The quantitative estimate of drug-likeness (QED) is 0.579. The Morgan fingerprint density at radius 2 is 2.44 bits per heavy atom. The molecule has 0 amide bonds. The van der Waals surface area contributed by atoms with E-state index in [2.05, 4.69) is 6.92 Å². The fourth-order valence-corrected chi connectivity index (χ4v) is 1.23. The molecular formula is C6H10ClFS. The first kappa shape index (κ1) is 9.31. The lowest BCUT2D eigenvalue weighted by atomic mass is 10.4. The minimum absolute atomic E-state index is 0.287. The zero-order chi connectivity index (χ0) is 7.11. The minimum atomic E-state index is -0.287. The predicted octanol–water partition coefficient (Wildman–Crippen LogP) is 3.53. The Bertz CT molecular complexity index is 93.1. The molecule has 0 nitrogen and oxygen atoms in total. The predicted molar refractivity (Wildman–Crippen MR) is 42.4 cm³/mol. The second-order valence-electron chi connectivity index (χ2n) is 1.62. The molecular weight excluding hydrogens is 159 g/mol. The Balaban J connectivity index is 3.07. The van der Waals surface area contributed by atoms with E-state index in [1.54, 1.807) is 0 Å². The van der Waals surface area contributed by atoms with Gasteiger partial charge in [-0.25, -0.2) is 0 Å². The van der Waals surface area contributed by atoms with Crippen LogP contribution < -0.4 is 0 Å². The molecule has 0 radical (unpaired) electrons. The van der Waals surface area contributed by atoms with Gasteiger partial charge in [-0.2, -0.15) is 4.39 Å². The molecule has 3 heteroatoms. The number of rotatable bonds is 4. The highest BCUT2D eigenvalue weighted by Crippen LogP contribution is 2.18. The van der Waals surface area contributed by atoms with Crippen LogP contribution >= 0.6 is 23.4 Å². The van der Waals surface area contributed by atoms with E-state index in [1.165, 1.54) is 0 Å². The minimum Gasteiger partial charge on any atom is -0.198 e. The number of halogens is 2. The van der Waals surface area contributed by atoms with Crippen molar-refractivity contribution in [2.75, 3.05) is 5.75 Å². The second-order valence-corrected chi connectivity index (χ2v) is 2.92. The third kappa shape index (κ3) is 6.19. The van der Waals surface area contributed by atoms with Gasteiger partial charge in [-0.1, -0.05) is 36.7 Å². The zero-order valence-electron chi connectivity index (χ0n) is 5.36. The lowest BCUT2D eigenvalue weighted by Gasteiger charge is -1.92. The van der Waals surface area contributed by atoms with Crippen LogP contribution in [-0.4, -0.2) is 5.75 Å². The molecule has 0 N–H and O–H groups in total. The van der Waals surface area contributed by atoms with Crippen molar-refractivity contribution in [2.45, 2.75) is 19.8 Å². The summed E-state index contributed by atoms with van der Waals surface area (Å²) in [5.41, 5.74) is 0.973. The average molecular weight is 169 g/mol. The van der Waals surface area contributed by atoms with E-state index in [0.717, 1.165) is 35.9 Å². The molecule has 0 rings (SSSR count). The normalized spacial score (nSPS) is 12.1. The summed E-state index contributed by atoms with van der Waals surface area (Å²) >= 11 is 6.24. The smallest absolute Gasteiger partial charge is 0.167 e. The fraction of sp³-hybridized carbons (Fsp3) is 0.667. The molecule has 0 spiro atoms. The Kier molecular flexibility index (Phi) is 6.65. The van der Waals surface area contributed by atoms with Crippen LogP contribution in [0.5, 0.6) is 0 Å². The van der Waals surface area contributed by atoms with Crippen LogP contribution in [-0.2, 0) is 0 Å². The van der Waals surface area contributed by atoms with Gasteiger partial charge in [0.2, 0.25) is 0 Å². The summed E-state index contributed by atoms with van der Waals surface area (Å²) < 4.78 is 12.1. The van der Waals surface area contributed by atoms with Gasteiger partial charge in [0.05, 0.1) is 0 Å². The SMILES string of the molecule is CCCCSC(F)=CCl. The standard InChI is InChI=1S/C6H10ClFS/c1-2-3-4-9-6(8)5-7/h5H,2-4H2,1H3. The third-order valence-corrected chi connectivity index (χ3v) is 2.03. The maximum Gasteiger partial charge on any atom is 0.167 e. The molecule has 0 atom stereocenters. The van der Waals surface area contributed by atoms with Gasteiger partial charge < -0.3 is 0 Å². The van der Waals surface area contributed by atoms with Gasteiger partial charge in [0, 0.05) is 11.3 Å². The lowest BCUT2D eigenvalue weighted by molar-refractivity contribution is 0.701. The van der Waals surface area contributed by atoms with Crippen molar-refractivity contribution in [3.63, 3.8) is 0 Å². The molecule has 0 saturated heterocycles. The van der Waals surface area contributed by atoms with Crippen LogP contribution in [0.4, 0.5) is 4.39 Å². The summed E-state index contributed by atoms with van der Waals surface area (Å²) in [5, 5.41) is -0.287. The highest BCUT2D eigenvalue weighted by molar-refractivity contribution is 8.02. The van der Waals surface area contributed by atoms with Crippen molar-refractivity contribution < 1.29 is 4.39 Å². The van der Waals surface area contributed by atoms with Gasteiger partial charge in [-0.05, 0) is 6.42 Å². The fourth-order valence-electron chi connectivity index (χ4n) is 0.346. The van der Waals surface area contributed by atoms with Gasteiger partial charge in [0.25, 0.3) is 0 Å². The van der Waals surface area contributed by atoms with Gasteiger partial charge in [0.15, 0.2) is 5.16 Å². The van der Waals surface area contributed by atoms with E-state index in [1.807, 2.05) is 0 Å². The first-order chi connectivity index (χ1) is 4.31. The maximum atomic E-state index is 12.1. The topological polar surface area (TPSA) is 0 Å². The van der Waals surface area contributed by atoms with Gasteiger partial charge in [-0.3, -0.25) is 0 Å².